The largest absolute Gasteiger partial charge is 0.495 e. The molecule has 0 radical (unpaired) electrons. The molecule has 0 amide bonds. The predicted octanol–water partition coefficient (Wildman–Crippen LogP) is 2.92. The molecule has 1 atom stereocenters. The van der Waals surface area contributed by atoms with E-state index < -0.39 is 11.4 Å². The number of aryl methyl sites for hydroxylation is 1. The summed E-state index contributed by atoms with van der Waals surface area (Å²) >= 11 is 0. The first-order valence-corrected chi connectivity index (χ1v) is 10.7. The summed E-state index contributed by atoms with van der Waals surface area (Å²) in [7, 11) is 3.48. The standard InChI is InChI=1S/C25H24N4O4/c1-25(2)8-7-20-17-9-15(5-6-16-12-26-14-27(16)3)23(33-4)10-18(17)21-11-22(30)19(24(31)32)13-28(21)29(20)25/h9-14,20H,7-8H2,1-4H3,(H,31,32). The third-order valence-corrected chi connectivity index (χ3v) is 6.59. The van der Waals surface area contributed by atoms with E-state index in [0.717, 1.165) is 35.2 Å². The highest BCUT2D eigenvalue weighted by atomic mass is 16.5. The number of ether oxygens (including phenoxy) is 1. The van der Waals surface area contributed by atoms with Crippen LogP contribution in [-0.2, 0) is 7.05 Å². The highest BCUT2D eigenvalue weighted by molar-refractivity contribution is 5.88. The number of methoxy groups -OCH3 is 1. The summed E-state index contributed by atoms with van der Waals surface area (Å²) in [5.41, 5.74) is 3.11. The van der Waals surface area contributed by atoms with Gasteiger partial charge in [0, 0.05) is 24.9 Å². The lowest BCUT2D eigenvalue weighted by molar-refractivity contribution is 0.0694. The molecule has 0 spiro atoms. The van der Waals surface area contributed by atoms with Crippen molar-refractivity contribution in [3.8, 4) is 28.8 Å². The molecular weight excluding hydrogens is 420 g/mol. The SMILES string of the molecule is COc1cc2c(cc1C#Cc1cncn1C)C1CCC(C)(C)N1n1cc(C(=O)O)c(=O)cc1-2. The van der Waals surface area contributed by atoms with Crippen molar-refractivity contribution in [2.45, 2.75) is 38.3 Å². The third kappa shape index (κ3) is 3.20. The molecule has 0 aliphatic carbocycles. The quantitative estimate of drug-likeness (QED) is 0.612. The number of carboxylic acid groups (broad SMARTS) is 1. The van der Waals surface area contributed by atoms with Crippen molar-refractivity contribution in [1.82, 2.24) is 14.2 Å². The van der Waals surface area contributed by atoms with Gasteiger partial charge >= 0.3 is 5.97 Å². The lowest BCUT2D eigenvalue weighted by Crippen LogP contribution is -2.50. The Balaban J connectivity index is 1.75. The summed E-state index contributed by atoms with van der Waals surface area (Å²) in [5, 5.41) is 11.7. The summed E-state index contributed by atoms with van der Waals surface area (Å²) in [6.07, 6.45) is 6.68. The zero-order chi connectivity index (χ0) is 23.5. The molecular formula is C25H24N4O4. The van der Waals surface area contributed by atoms with Gasteiger partial charge < -0.3 is 14.4 Å². The van der Waals surface area contributed by atoms with Gasteiger partial charge in [-0.25, -0.2) is 9.78 Å². The number of rotatable bonds is 2. The number of imidazole rings is 1. The fourth-order valence-electron chi connectivity index (χ4n) is 4.91. The minimum Gasteiger partial charge on any atom is -0.495 e. The van der Waals surface area contributed by atoms with Crippen molar-refractivity contribution in [3.05, 3.63) is 69.5 Å². The molecule has 0 bridgehead atoms. The second-order valence-corrected chi connectivity index (χ2v) is 9.08. The van der Waals surface area contributed by atoms with Crippen LogP contribution < -0.4 is 15.2 Å². The Morgan fingerprint density at radius 2 is 2.06 bits per heavy atom. The first-order chi connectivity index (χ1) is 15.7. The topological polar surface area (TPSA) is 89.6 Å². The number of hydrogen-bond acceptors (Lipinski definition) is 5. The summed E-state index contributed by atoms with van der Waals surface area (Å²) in [6.45, 7) is 4.26. The van der Waals surface area contributed by atoms with Gasteiger partial charge in [0.2, 0.25) is 0 Å². The minimum absolute atomic E-state index is 0.0230. The first kappa shape index (κ1) is 20.9. The maximum absolute atomic E-state index is 12.6. The van der Waals surface area contributed by atoms with Crippen LogP contribution in [-0.4, -0.2) is 38.0 Å². The van der Waals surface area contributed by atoms with Crippen molar-refractivity contribution >= 4 is 5.97 Å². The van der Waals surface area contributed by atoms with Crippen molar-refractivity contribution in [2.75, 3.05) is 12.1 Å². The number of aromatic carboxylic acids is 1. The van der Waals surface area contributed by atoms with E-state index in [0.29, 0.717) is 11.4 Å². The van der Waals surface area contributed by atoms with Crippen LogP contribution >= 0.6 is 0 Å². The van der Waals surface area contributed by atoms with Crippen LogP contribution in [0.1, 0.15) is 59.9 Å². The number of carboxylic acids is 1. The molecule has 4 heterocycles. The number of fused-ring (bicyclic) bond motifs is 6. The first-order valence-electron chi connectivity index (χ1n) is 10.7. The molecule has 0 saturated carbocycles. The summed E-state index contributed by atoms with van der Waals surface area (Å²) < 4.78 is 9.34. The van der Waals surface area contributed by atoms with Gasteiger partial charge in [0.05, 0.1) is 42.5 Å². The summed E-state index contributed by atoms with van der Waals surface area (Å²) in [6, 6.07) is 5.37. The summed E-state index contributed by atoms with van der Waals surface area (Å²) in [5.74, 6) is 5.73. The Kier molecular flexibility index (Phi) is 4.60. The monoisotopic (exact) mass is 444 g/mol. The molecule has 2 aliphatic heterocycles. The Labute approximate surface area is 191 Å². The normalized spacial score (nSPS) is 17.5. The number of hydrogen-bond donors (Lipinski definition) is 1. The Morgan fingerprint density at radius 3 is 2.73 bits per heavy atom. The summed E-state index contributed by atoms with van der Waals surface area (Å²) in [4.78, 5) is 28.4. The zero-order valence-corrected chi connectivity index (χ0v) is 18.9. The van der Waals surface area contributed by atoms with E-state index >= 15 is 0 Å². The van der Waals surface area contributed by atoms with Gasteiger partial charge in [-0.15, -0.1) is 0 Å². The van der Waals surface area contributed by atoms with Gasteiger partial charge in [-0.3, -0.25) is 14.5 Å². The van der Waals surface area contributed by atoms with Crippen LogP contribution in [0.4, 0.5) is 0 Å². The van der Waals surface area contributed by atoms with E-state index in [1.807, 2.05) is 28.4 Å². The van der Waals surface area contributed by atoms with E-state index in [2.05, 4.69) is 35.7 Å². The Bertz CT molecular complexity index is 1420. The van der Waals surface area contributed by atoms with Crippen LogP contribution in [0.25, 0.3) is 11.3 Å². The highest BCUT2D eigenvalue weighted by Gasteiger charge is 2.45. The van der Waals surface area contributed by atoms with Gasteiger partial charge in [-0.2, -0.15) is 0 Å². The molecule has 1 N–H and O–H groups in total. The highest BCUT2D eigenvalue weighted by Crippen LogP contribution is 2.49. The smallest absolute Gasteiger partial charge is 0.341 e. The van der Waals surface area contributed by atoms with E-state index in [4.69, 9.17) is 4.74 Å². The molecule has 168 valence electrons. The van der Waals surface area contributed by atoms with Crippen LogP contribution in [0.3, 0.4) is 0 Å². The molecule has 8 nitrogen and oxygen atoms in total. The van der Waals surface area contributed by atoms with Crippen LogP contribution in [0.2, 0.25) is 0 Å². The lowest BCUT2D eigenvalue weighted by Gasteiger charge is -2.44. The molecule has 2 aliphatic rings. The average molecular weight is 444 g/mol. The van der Waals surface area contributed by atoms with Crippen LogP contribution in [0.15, 0.2) is 41.7 Å². The van der Waals surface area contributed by atoms with Gasteiger partial charge in [-0.1, -0.05) is 5.92 Å². The molecule has 3 aromatic rings. The van der Waals surface area contributed by atoms with Crippen molar-refractivity contribution in [1.29, 1.82) is 0 Å². The van der Waals surface area contributed by atoms with Crippen molar-refractivity contribution in [3.63, 3.8) is 0 Å². The van der Waals surface area contributed by atoms with Gasteiger partial charge in [-0.05, 0) is 50.3 Å². The van der Waals surface area contributed by atoms with Crippen molar-refractivity contribution in [2.24, 2.45) is 7.05 Å². The number of nitrogens with zero attached hydrogens (tertiary/aromatic N) is 4. The van der Waals surface area contributed by atoms with Crippen LogP contribution in [0, 0.1) is 11.8 Å². The third-order valence-electron chi connectivity index (χ3n) is 6.59. The Hall–Kier alpha value is -3.99. The second kappa shape index (κ2) is 7.27. The lowest BCUT2D eigenvalue weighted by atomic mass is 9.92. The molecule has 2 aromatic heterocycles. The van der Waals surface area contributed by atoms with Crippen LogP contribution in [0.5, 0.6) is 5.75 Å². The molecule has 1 fully saturated rings. The van der Waals surface area contributed by atoms with E-state index in [1.165, 1.54) is 12.3 Å². The fourth-order valence-corrected chi connectivity index (χ4v) is 4.91. The zero-order valence-electron chi connectivity index (χ0n) is 18.9. The molecule has 1 aromatic carbocycles. The number of pyridine rings is 1. The molecule has 33 heavy (non-hydrogen) atoms. The number of benzene rings is 1. The van der Waals surface area contributed by atoms with E-state index in [-0.39, 0.29) is 17.1 Å². The average Bonchev–Trinajstić information content (AvgIpc) is 3.33. The fraction of sp³-hybridized carbons (Fsp3) is 0.320. The van der Waals surface area contributed by atoms with Gasteiger partial charge in [0.15, 0.2) is 5.43 Å². The minimum atomic E-state index is -1.23. The molecule has 1 unspecified atom stereocenters. The van der Waals surface area contributed by atoms with Gasteiger partial charge in [0.1, 0.15) is 17.0 Å². The molecule has 8 heteroatoms. The predicted molar refractivity (Wildman–Crippen MR) is 123 cm³/mol. The Morgan fingerprint density at radius 1 is 1.27 bits per heavy atom. The maximum Gasteiger partial charge on any atom is 0.341 e. The number of carbonyl (C=O) groups is 1. The van der Waals surface area contributed by atoms with Crippen molar-refractivity contribution < 1.29 is 14.6 Å². The van der Waals surface area contributed by atoms with E-state index in [9.17, 15) is 14.7 Å². The maximum atomic E-state index is 12.6. The number of aromatic nitrogens is 3. The molecule has 5 rings (SSSR count). The van der Waals surface area contributed by atoms with E-state index in [1.54, 1.807) is 19.6 Å². The second-order valence-electron chi connectivity index (χ2n) is 9.08. The van der Waals surface area contributed by atoms with Gasteiger partial charge in [0.25, 0.3) is 0 Å². The molecule has 1 saturated heterocycles.